The second kappa shape index (κ2) is 8.02. The van der Waals surface area contributed by atoms with Gasteiger partial charge in [-0.1, -0.05) is 34.1 Å². The summed E-state index contributed by atoms with van der Waals surface area (Å²) in [5.41, 5.74) is 3.39. The van der Waals surface area contributed by atoms with Crippen LogP contribution in [0.4, 0.5) is 0 Å². The van der Waals surface area contributed by atoms with Crippen molar-refractivity contribution in [1.29, 1.82) is 0 Å². The van der Waals surface area contributed by atoms with Crippen LogP contribution in [0.1, 0.15) is 33.5 Å². The third kappa shape index (κ3) is 4.26. The maximum atomic E-state index is 12.4. The summed E-state index contributed by atoms with van der Waals surface area (Å²) in [6.07, 6.45) is 2.38. The van der Waals surface area contributed by atoms with Crippen LogP contribution in [-0.4, -0.2) is 27.2 Å². The van der Waals surface area contributed by atoms with Gasteiger partial charge in [-0.25, -0.2) is 0 Å². The van der Waals surface area contributed by atoms with Crippen molar-refractivity contribution in [3.63, 3.8) is 0 Å². The van der Waals surface area contributed by atoms with E-state index >= 15 is 0 Å². The van der Waals surface area contributed by atoms with E-state index in [9.17, 15) is 4.79 Å². The van der Waals surface area contributed by atoms with Gasteiger partial charge >= 0.3 is 0 Å². The molecule has 7 heteroatoms. The maximum absolute atomic E-state index is 12.4. The lowest BCUT2D eigenvalue weighted by atomic mass is 10.1. The van der Waals surface area contributed by atoms with E-state index < -0.39 is 0 Å². The quantitative estimate of drug-likeness (QED) is 0.679. The number of carbonyl (C=O) groups is 1. The lowest BCUT2D eigenvalue weighted by Crippen LogP contribution is -2.26. The Labute approximate surface area is 165 Å². The summed E-state index contributed by atoms with van der Waals surface area (Å²) in [5.74, 6) is -0.173. The fraction of sp³-hybridized carbons (Fsp3) is 0.250. The number of hydrogen-bond acceptors (Lipinski definition) is 4. The molecule has 1 unspecified atom stereocenters. The summed E-state index contributed by atoms with van der Waals surface area (Å²) in [4.78, 5) is 16.6. The van der Waals surface area contributed by atoms with E-state index in [1.54, 1.807) is 12.3 Å². The van der Waals surface area contributed by atoms with E-state index in [2.05, 4.69) is 31.3 Å². The standard InChI is InChI=1S/C20H19BrN4O2/c21-15-6-4-14(5-7-15)19-12-25-17(13-27-19)11-18(24-25)20(26)23-10-8-16-3-1-2-9-22-16/h1-7,9,11,19H,8,10,12-13H2,(H,23,26). The Bertz CT molecular complexity index is 925. The Kier molecular flexibility index (Phi) is 5.31. The van der Waals surface area contributed by atoms with Gasteiger partial charge in [0.05, 0.1) is 18.8 Å². The number of aromatic nitrogens is 3. The van der Waals surface area contributed by atoms with Crippen molar-refractivity contribution >= 4 is 21.8 Å². The van der Waals surface area contributed by atoms with Crippen LogP contribution < -0.4 is 5.32 Å². The zero-order valence-corrected chi connectivity index (χ0v) is 16.2. The predicted molar refractivity (Wildman–Crippen MR) is 104 cm³/mol. The molecule has 4 rings (SSSR count). The van der Waals surface area contributed by atoms with Gasteiger partial charge in [0.25, 0.3) is 5.91 Å². The first-order valence-corrected chi connectivity index (χ1v) is 9.60. The first-order valence-electron chi connectivity index (χ1n) is 8.81. The average Bonchev–Trinajstić information content (AvgIpc) is 3.13. The Morgan fingerprint density at radius 2 is 2.11 bits per heavy atom. The van der Waals surface area contributed by atoms with Crippen molar-refractivity contribution in [3.05, 3.63) is 81.8 Å². The van der Waals surface area contributed by atoms with Gasteiger partial charge in [-0.2, -0.15) is 5.10 Å². The summed E-state index contributed by atoms with van der Waals surface area (Å²) in [6.45, 7) is 1.56. The summed E-state index contributed by atoms with van der Waals surface area (Å²) in [7, 11) is 0. The van der Waals surface area contributed by atoms with Crippen LogP contribution in [0.2, 0.25) is 0 Å². The van der Waals surface area contributed by atoms with Gasteiger partial charge < -0.3 is 10.1 Å². The molecule has 6 nitrogen and oxygen atoms in total. The smallest absolute Gasteiger partial charge is 0.271 e. The van der Waals surface area contributed by atoms with Gasteiger partial charge in [-0.05, 0) is 35.9 Å². The first kappa shape index (κ1) is 17.9. The monoisotopic (exact) mass is 426 g/mol. The van der Waals surface area contributed by atoms with Gasteiger partial charge in [-0.15, -0.1) is 0 Å². The topological polar surface area (TPSA) is 69.0 Å². The number of amides is 1. The van der Waals surface area contributed by atoms with E-state index in [1.807, 2.05) is 47.1 Å². The van der Waals surface area contributed by atoms with Crippen LogP contribution in [0, 0.1) is 0 Å². The summed E-state index contributed by atoms with van der Waals surface area (Å²) in [6, 6.07) is 15.6. The molecule has 27 heavy (non-hydrogen) atoms. The molecule has 0 spiro atoms. The number of nitrogens with zero attached hydrogens (tertiary/aromatic N) is 3. The Balaban J connectivity index is 1.37. The average molecular weight is 427 g/mol. The fourth-order valence-electron chi connectivity index (χ4n) is 3.06. The molecule has 0 fully saturated rings. The molecule has 1 N–H and O–H groups in total. The minimum atomic E-state index is -0.173. The van der Waals surface area contributed by atoms with Crippen LogP contribution in [0.25, 0.3) is 0 Å². The maximum Gasteiger partial charge on any atom is 0.271 e. The highest BCUT2D eigenvalue weighted by molar-refractivity contribution is 9.10. The molecule has 1 aliphatic heterocycles. The van der Waals surface area contributed by atoms with Crippen molar-refractivity contribution in [2.45, 2.75) is 25.7 Å². The van der Waals surface area contributed by atoms with Crippen LogP contribution in [0.3, 0.4) is 0 Å². The molecule has 138 valence electrons. The molecule has 1 amide bonds. The van der Waals surface area contributed by atoms with Gasteiger partial charge in [0.1, 0.15) is 6.10 Å². The largest absolute Gasteiger partial charge is 0.365 e. The number of benzene rings is 1. The lowest BCUT2D eigenvalue weighted by molar-refractivity contribution is -0.00120. The Morgan fingerprint density at radius 3 is 2.89 bits per heavy atom. The molecule has 0 saturated heterocycles. The molecule has 3 aromatic rings. The molecule has 0 radical (unpaired) electrons. The number of hydrogen-bond donors (Lipinski definition) is 1. The van der Waals surface area contributed by atoms with Crippen LogP contribution in [-0.2, 0) is 24.3 Å². The Hall–Kier alpha value is -2.51. The number of halogens is 1. The SMILES string of the molecule is O=C(NCCc1ccccn1)c1cc2n(n1)CC(c1ccc(Br)cc1)OC2. The number of ether oxygens (including phenoxy) is 1. The molecule has 0 aliphatic carbocycles. The number of fused-ring (bicyclic) bond motifs is 1. The normalized spacial score (nSPS) is 16.0. The third-order valence-corrected chi connectivity index (χ3v) is 5.03. The predicted octanol–water partition coefficient (Wildman–Crippen LogP) is 3.28. The molecule has 0 bridgehead atoms. The molecule has 0 saturated carbocycles. The highest BCUT2D eigenvalue weighted by atomic mass is 79.9. The molecular formula is C20H19BrN4O2. The minimum Gasteiger partial charge on any atom is -0.365 e. The molecular weight excluding hydrogens is 408 g/mol. The van der Waals surface area contributed by atoms with Gasteiger partial charge in [-0.3, -0.25) is 14.5 Å². The first-order chi connectivity index (χ1) is 13.2. The van der Waals surface area contributed by atoms with Crippen LogP contribution in [0.15, 0.2) is 59.2 Å². The fourth-order valence-corrected chi connectivity index (χ4v) is 3.32. The van der Waals surface area contributed by atoms with E-state index in [1.165, 1.54) is 0 Å². The second-order valence-corrected chi connectivity index (χ2v) is 7.30. The lowest BCUT2D eigenvalue weighted by Gasteiger charge is -2.24. The zero-order valence-electron chi connectivity index (χ0n) is 14.6. The Morgan fingerprint density at radius 1 is 1.26 bits per heavy atom. The number of nitrogens with one attached hydrogen (secondary N) is 1. The van der Waals surface area contributed by atoms with E-state index in [4.69, 9.17) is 4.74 Å². The van der Waals surface area contributed by atoms with Crippen molar-refractivity contribution in [3.8, 4) is 0 Å². The molecule has 1 aromatic carbocycles. The van der Waals surface area contributed by atoms with E-state index in [-0.39, 0.29) is 12.0 Å². The van der Waals surface area contributed by atoms with Crippen molar-refractivity contribution in [1.82, 2.24) is 20.1 Å². The van der Waals surface area contributed by atoms with Gasteiger partial charge in [0.2, 0.25) is 0 Å². The molecule has 2 aromatic heterocycles. The molecule has 1 atom stereocenters. The molecule has 1 aliphatic rings. The van der Waals surface area contributed by atoms with Crippen molar-refractivity contribution in [2.75, 3.05) is 6.54 Å². The van der Waals surface area contributed by atoms with Gasteiger partial charge in [0.15, 0.2) is 5.69 Å². The van der Waals surface area contributed by atoms with E-state index in [0.717, 1.165) is 21.4 Å². The van der Waals surface area contributed by atoms with Crippen LogP contribution >= 0.6 is 15.9 Å². The minimum absolute atomic E-state index is 0.0643. The summed E-state index contributed by atoms with van der Waals surface area (Å²) >= 11 is 3.44. The highest BCUT2D eigenvalue weighted by Crippen LogP contribution is 2.27. The highest BCUT2D eigenvalue weighted by Gasteiger charge is 2.24. The van der Waals surface area contributed by atoms with Gasteiger partial charge in [0, 0.05) is 29.3 Å². The second-order valence-electron chi connectivity index (χ2n) is 6.38. The van der Waals surface area contributed by atoms with E-state index in [0.29, 0.717) is 31.8 Å². The van der Waals surface area contributed by atoms with Crippen LogP contribution in [0.5, 0.6) is 0 Å². The number of rotatable bonds is 5. The van der Waals surface area contributed by atoms with Crippen molar-refractivity contribution in [2.24, 2.45) is 0 Å². The number of pyridine rings is 1. The summed E-state index contributed by atoms with van der Waals surface area (Å²) in [5, 5.41) is 7.37. The molecule has 3 heterocycles. The summed E-state index contributed by atoms with van der Waals surface area (Å²) < 4.78 is 8.85. The third-order valence-electron chi connectivity index (χ3n) is 4.50. The zero-order chi connectivity index (χ0) is 18.6. The van der Waals surface area contributed by atoms with Crippen molar-refractivity contribution < 1.29 is 9.53 Å². The number of carbonyl (C=O) groups excluding carboxylic acids is 1.